The quantitative estimate of drug-likeness (QED) is 0.264. The fourth-order valence-electron chi connectivity index (χ4n) is 4.44. The molecule has 0 bridgehead atoms. The van der Waals surface area contributed by atoms with Crippen molar-refractivity contribution in [1.82, 2.24) is 10.3 Å². The van der Waals surface area contributed by atoms with Crippen LogP contribution >= 0.6 is 11.6 Å². The highest BCUT2D eigenvalue weighted by atomic mass is 35.5. The minimum Gasteiger partial charge on any atom is -0.506 e. The number of nitrogens with zero attached hydrogens (tertiary/aromatic N) is 2. The zero-order chi connectivity index (χ0) is 24.9. The summed E-state index contributed by atoms with van der Waals surface area (Å²) in [5, 5.41) is 15.7. The molecule has 0 saturated carbocycles. The normalized spacial score (nSPS) is 13.6. The van der Waals surface area contributed by atoms with E-state index >= 15 is 0 Å². The number of carbonyl (C=O) groups excluding carboxylic acids is 1. The Kier molecular flexibility index (Phi) is 7.16. The van der Waals surface area contributed by atoms with E-state index in [-0.39, 0.29) is 10.8 Å². The van der Waals surface area contributed by atoms with Gasteiger partial charge in [0.2, 0.25) is 0 Å². The molecule has 36 heavy (non-hydrogen) atoms. The van der Waals surface area contributed by atoms with Gasteiger partial charge in [0.15, 0.2) is 0 Å². The number of hydrogen-bond donors (Lipinski definition) is 2. The van der Waals surface area contributed by atoms with E-state index in [1.165, 1.54) is 29.3 Å². The largest absolute Gasteiger partial charge is 0.506 e. The number of carbonyl (C=O) groups is 1. The summed E-state index contributed by atoms with van der Waals surface area (Å²) in [6.07, 6.45) is 2.68. The lowest BCUT2D eigenvalue weighted by molar-refractivity contribution is 0.0955. The third-order valence-electron chi connectivity index (χ3n) is 6.37. The van der Waals surface area contributed by atoms with Crippen molar-refractivity contribution in [2.24, 2.45) is 5.10 Å². The molecule has 1 heterocycles. The molecule has 5 rings (SSSR count). The van der Waals surface area contributed by atoms with Crippen molar-refractivity contribution in [3.8, 4) is 11.5 Å². The standard InChI is InChI=1S/C29H26ClN3O3/c30-26-17-21(9-11-27(26)34)29(35)32-31-18-22-10-12-28(25-8-4-3-7-24(22)25)36-16-15-33-14-13-20-5-1-2-6-23(20)19-33/h1-12,17-18,34H,13-16,19H2,(H,32,35). The van der Waals surface area contributed by atoms with Gasteiger partial charge in [-0.25, -0.2) is 5.43 Å². The van der Waals surface area contributed by atoms with E-state index in [1.807, 2.05) is 36.4 Å². The second-order valence-corrected chi connectivity index (χ2v) is 9.11. The van der Waals surface area contributed by atoms with Gasteiger partial charge in [-0.1, -0.05) is 60.1 Å². The molecule has 0 spiro atoms. The van der Waals surface area contributed by atoms with Gasteiger partial charge in [0, 0.05) is 36.1 Å². The molecule has 0 radical (unpaired) electrons. The first-order valence-electron chi connectivity index (χ1n) is 11.8. The number of benzene rings is 4. The van der Waals surface area contributed by atoms with E-state index in [2.05, 4.69) is 39.7 Å². The molecule has 0 aliphatic carbocycles. The van der Waals surface area contributed by atoms with E-state index in [4.69, 9.17) is 16.3 Å². The van der Waals surface area contributed by atoms with Gasteiger partial charge in [-0.15, -0.1) is 0 Å². The average molecular weight is 500 g/mol. The lowest BCUT2D eigenvalue weighted by atomic mass is 10.0. The van der Waals surface area contributed by atoms with Crippen molar-refractivity contribution in [3.63, 3.8) is 0 Å². The summed E-state index contributed by atoms with van der Waals surface area (Å²) < 4.78 is 6.20. The summed E-state index contributed by atoms with van der Waals surface area (Å²) in [7, 11) is 0. The van der Waals surface area contributed by atoms with Crippen LogP contribution in [0.1, 0.15) is 27.0 Å². The number of rotatable bonds is 7. The van der Waals surface area contributed by atoms with Crippen LogP contribution in [0.3, 0.4) is 0 Å². The van der Waals surface area contributed by atoms with Crippen LogP contribution in [0.15, 0.2) is 84.0 Å². The minimum absolute atomic E-state index is 0.0771. The number of aromatic hydroxyl groups is 1. The molecule has 0 atom stereocenters. The predicted octanol–water partition coefficient (Wildman–Crippen LogP) is 5.40. The first-order chi connectivity index (χ1) is 17.6. The number of phenolic OH excluding ortho intramolecular Hbond substituents is 1. The highest BCUT2D eigenvalue weighted by Crippen LogP contribution is 2.28. The number of fused-ring (bicyclic) bond motifs is 2. The van der Waals surface area contributed by atoms with Crippen LogP contribution in [0.25, 0.3) is 10.8 Å². The van der Waals surface area contributed by atoms with Crippen molar-refractivity contribution >= 4 is 34.5 Å². The van der Waals surface area contributed by atoms with Crippen LogP contribution in [-0.4, -0.2) is 41.8 Å². The van der Waals surface area contributed by atoms with Gasteiger partial charge in [-0.3, -0.25) is 9.69 Å². The molecular formula is C29H26ClN3O3. The molecule has 2 N–H and O–H groups in total. The Morgan fingerprint density at radius 3 is 2.64 bits per heavy atom. The van der Waals surface area contributed by atoms with Gasteiger partial charge in [-0.05, 0) is 53.3 Å². The first kappa shape index (κ1) is 23.9. The van der Waals surface area contributed by atoms with Crippen molar-refractivity contribution in [2.75, 3.05) is 19.7 Å². The third-order valence-corrected chi connectivity index (χ3v) is 6.67. The topological polar surface area (TPSA) is 74.2 Å². The maximum Gasteiger partial charge on any atom is 0.271 e. The highest BCUT2D eigenvalue weighted by Gasteiger charge is 2.15. The van der Waals surface area contributed by atoms with E-state index in [0.29, 0.717) is 12.2 Å². The van der Waals surface area contributed by atoms with Gasteiger partial charge < -0.3 is 9.84 Å². The molecule has 182 valence electrons. The van der Waals surface area contributed by atoms with Gasteiger partial charge in [0.25, 0.3) is 5.91 Å². The molecule has 7 heteroatoms. The summed E-state index contributed by atoms with van der Waals surface area (Å²) in [6.45, 7) is 3.46. The number of amides is 1. The number of hydrazone groups is 1. The van der Waals surface area contributed by atoms with Crippen molar-refractivity contribution in [3.05, 3.63) is 106 Å². The zero-order valence-electron chi connectivity index (χ0n) is 19.7. The molecule has 6 nitrogen and oxygen atoms in total. The lowest BCUT2D eigenvalue weighted by Crippen LogP contribution is -2.33. The maximum atomic E-state index is 12.3. The Bertz CT molecular complexity index is 1440. The second kappa shape index (κ2) is 10.8. The summed E-state index contributed by atoms with van der Waals surface area (Å²) in [5.74, 6) is 0.326. The van der Waals surface area contributed by atoms with Crippen LogP contribution < -0.4 is 10.2 Å². The molecule has 0 fully saturated rings. The molecule has 0 unspecified atom stereocenters. The van der Waals surface area contributed by atoms with Gasteiger partial charge >= 0.3 is 0 Å². The van der Waals surface area contributed by atoms with Crippen LogP contribution in [0, 0.1) is 0 Å². The molecule has 4 aromatic rings. The number of phenols is 1. The molecule has 0 saturated heterocycles. The zero-order valence-corrected chi connectivity index (χ0v) is 20.4. The fourth-order valence-corrected chi connectivity index (χ4v) is 4.62. The Hall–Kier alpha value is -3.87. The smallest absolute Gasteiger partial charge is 0.271 e. The summed E-state index contributed by atoms with van der Waals surface area (Å²) in [4.78, 5) is 14.8. The van der Waals surface area contributed by atoms with Crippen LogP contribution in [0.4, 0.5) is 0 Å². The molecule has 1 aliphatic heterocycles. The molecule has 4 aromatic carbocycles. The minimum atomic E-state index is -0.419. The van der Waals surface area contributed by atoms with Gasteiger partial charge in [0.1, 0.15) is 18.1 Å². The second-order valence-electron chi connectivity index (χ2n) is 8.71. The monoisotopic (exact) mass is 499 g/mol. The third kappa shape index (κ3) is 5.35. The predicted molar refractivity (Wildman–Crippen MR) is 143 cm³/mol. The van der Waals surface area contributed by atoms with E-state index in [1.54, 1.807) is 6.21 Å². The Morgan fingerprint density at radius 1 is 1.03 bits per heavy atom. The number of hydrogen-bond acceptors (Lipinski definition) is 5. The number of ether oxygens (including phenoxy) is 1. The summed E-state index contributed by atoms with van der Waals surface area (Å²) in [5.41, 5.74) is 6.51. The molecule has 1 amide bonds. The fraction of sp³-hybridized carbons (Fsp3) is 0.172. The summed E-state index contributed by atoms with van der Waals surface area (Å²) >= 11 is 5.89. The summed E-state index contributed by atoms with van der Waals surface area (Å²) in [6, 6.07) is 24.7. The Labute approximate surface area is 214 Å². The van der Waals surface area contributed by atoms with Crippen molar-refractivity contribution in [2.45, 2.75) is 13.0 Å². The molecular weight excluding hydrogens is 474 g/mol. The van der Waals surface area contributed by atoms with Gasteiger partial charge in [0.05, 0.1) is 11.2 Å². The number of nitrogens with one attached hydrogen (secondary N) is 1. The maximum absolute atomic E-state index is 12.3. The van der Waals surface area contributed by atoms with E-state index in [9.17, 15) is 9.90 Å². The van der Waals surface area contributed by atoms with Gasteiger partial charge in [-0.2, -0.15) is 5.10 Å². The molecule has 1 aliphatic rings. The Morgan fingerprint density at radius 2 is 1.81 bits per heavy atom. The number of halogens is 1. The Balaban J connectivity index is 1.23. The van der Waals surface area contributed by atoms with E-state index < -0.39 is 5.91 Å². The highest BCUT2D eigenvalue weighted by molar-refractivity contribution is 6.32. The van der Waals surface area contributed by atoms with Crippen LogP contribution in [0.5, 0.6) is 11.5 Å². The first-order valence-corrected chi connectivity index (χ1v) is 12.2. The average Bonchev–Trinajstić information content (AvgIpc) is 2.91. The van der Waals surface area contributed by atoms with E-state index in [0.717, 1.165) is 48.1 Å². The molecule has 0 aromatic heterocycles. The van der Waals surface area contributed by atoms with Crippen LogP contribution in [0.2, 0.25) is 5.02 Å². The van der Waals surface area contributed by atoms with Crippen molar-refractivity contribution < 1.29 is 14.6 Å². The lowest BCUT2D eigenvalue weighted by Gasteiger charge is -2.28. The van der Waals surface area contributed by atoms with Crippen molar-refractivity contribution in [1.29, 1.82) is 0 Å². The SMILES string of the molecule is O=C(NN=Cc1ccc(OCCN2CCc3ccccc3C2)c2ccccc12)c1ccc(O)c(Cl)c1. The van der Waals surface area contributed by atoms with Crippen LogP contribution in [-0.2, 0) is 13.0 Å².